The van der Waals surface area contributed by atoms with E-state index in [9.17, 15) is 0 Å². The number of nitrogens with zero attached hydrogens (tertiary/aromatic N) is 1. The van der Waals surface area contributed by atoms with Crippen LogP contribution in [-0.2, 0) is 0 Å². The molecule has 0 atom stereocenters. The highest BCUT2D eigenvalue weighted by Crippen LogP contribution is 2.24. The Morgan fingerprint density at radius 3 is 2.67 bits per heavy atom. The molecule has 2 heteroatoms. The molecule has 0 unspecified atom stereocenters. The molecule has 2 rings (SSSR count). The first-order valence-electron chi connectivity index (χ1n) is 4.48. The summed E-state index contributed by atoms with van der Waals surface area (Å²) in [7, 11) is 0. The van der Waals surface area contributed by atoms with Gasteiger partial charge in [0.25, 0.3) is 0 Å². The standard InChI is InChI=1S/C13H7ClN/c14-13-8-11(6-7-12(13)9-15)10-4-2-1-3-5-10/h1-4,6-8H. The monoisotopic (exact) mass is 212 g/mol. The molecule has 1 nitrogen and oxygen atoms in total. The molecule has 0 heterocycles. The van der Waals surface area contributed by atoms with Crippen molar-refractivity contribution in [1.82, 2.24) is 0 Å². The Labute approximate surface area is 93.5 Å². The summed E-state index contributed by atoms with van der Waals surface area (Å²) in [5.41, 5.74) is 2.44. The first-order valence-corrected chi connectivity index (χ1v) is 4.86. The highest BCUT2D eigenvalue weighted by molar-refractivity contribution is 6.32. The van der Waals surface area contributed by atoms with E-state index < -0.39 is 0 Å². The molecule has 0 aliphatic heterocycles. The molecule has 0 aliphatic rings. The van der Waals surface area contributed by atoms with E-state index >= 15 is 0 Å². The Morgan fingerprint density at radius 1 is 1.20 bits per heavy atom. The van der Waals surface area contributed by atoms with E-state index in [2.05, 4.69) is 6.07 Å². The van der Waals surface area contributed by atoms with Gasteiger partial charge in [0.1, 0.15) is 6.07 Å². The van der Waals surface area contributed by atoms with Crippen molar-refractivity contribution in [3.63, 3.8) is 0 Å². The molecule has 0 amide bonds. The molecule has 0 aliphatic carbocycles. The zero-order valence-corrected chi connectivity index (χ0v) is 8.62. The van der Waals surface area contributed by atoms with Crippen LogP contribution in [0.2, 0.25) is 5.02 Å². The second kappa shape index (κ2) is 4.16. The largest absolute Gasteiger partial charge is 0.192 e. The third-order valence-corrected chi connectivity index (χ3v) is 2.42. The molecule has 0 spiro atoms. The van der Waals surface area contributed by atoms with E-state index in [1.807, 2.05) is 36.4 Å². The van der Waals surface area contributed by atoms with Crippen LogP contribution in [0, 0.1) is 17.4 Å². The highest BCUT2D eigenvalue weighted by atomic mass is 35.5. The molecule has 0 bridgehead atoms. The van der Waals surface area contributed by atoms with Crippen molar-refractivity contribution in [2.24, 2.45) is 0 Å². The Bertz CT molecular complexity index is 512. The normalized spacial score (nSPS) is 9.60. The Kier molecular flexibility index (Phi) is 2.71. The smallest absolute Gasteiger partial charge is 0.101 e. The van der Waals surface area contributed by atoms with Crippen molar-refractivity contribution < 1.29 is 0 Å². The average Bonchev–Trinajstić information content (AvgIpc) is 2.30. The van der Waals surface area contributed by atoms with Crippen LogP contribution in [0.15, 0.2) is 42.5 Å². The van der Waals surface area contributed by atoms with E-state index in [1.54, 1.807) is 12.1 Å². The van der Waals surface area contributed by atoms with Crippen LogP contribution in [0.25, 0.3) is 11.1 Å². The topological polar surface area (TPSA) is 23.8 Å². The predicted octanol–water partition coefficient (Wildman–Crippen LogP) is 3.68. The fourth-order valence-electron chi connectivity index (χ4n) is 1.35. The molecule has 0 saturated heterocycles. The molecule has 2 aromatic rings. The third kappa shape index (κ3) is 2.01. The summed E-state index contributed by atoms with van der Waals surface area (Å²) in [5, 5.41) is 9.22. The van der Waals surface area contributed by atoms with Gasteiger partial charge in [-0.3, -0.25) is 0 Å². The SMILES string of the molecule is N#Cc1ccc(-c2[c]cccc2)cc1Cl. The van der Waals surface area contributed by atoms with Gasteiger partial charge >= 0.3 is 0 Å². The summed E-state index contributed by atoms with van der Waals surface area (Å²) in [5.74, 6) is 0. The second-order valence-electron chi connectivity index (χ2n) is 3.08. The van der Waals surface area contributed by atoms with Crippen LogP contribution >= 0.6 is 11.6 Å². The molecular weight excluding hydrogens is 206 g/mol. The van der Waals surface area contributed by atoms with Gasteiger partial charge in [0, 0.05) is 0 Å². The van der Waals surface area contributed by atoms with Gasteiger partial charge in [-0.05, 0) is 29.3 Å². The summed E-state index contributed by atoms with van der Waals surface area (Å²) < 4.78 is 0. The van der Waals surface area contributed by atoms with Gasteiger partial charge in [-0.25, -0.2) is 0 Å². The van der Waals surface area contributed by atoms with Crippen molar-refractivity contribution in [2.75, 3.05) is 0 Å². The third-order valence-electron chi connectivity index (χ3n) is 2.11. The molecule has 15 heavy (non-hydrogen) atoms. The van der Waals surface area contributed by atoms with E-state index in [0.717, 1.165) is 11.1 Å². The van der Waals surface area contributed by atoms with E-state index in [0.29, 0.717) is 10.6 Å². The molecule has 0 saturated carbocycles. The lowest BCUT2D eigenvalue weighted by atomic mass is 10.0. The molecule has 2 aromatic carbocycles. The number of hydrogen-bond donors (Lipinski definition) is 0. The average molecular weight is 213 g/mol. The first kappa shape index (κ1) is 9.76. The molecule has 0 N–H and O–H groups in total. The lowest BCUT2D eigenvalue weighted by Gasteiger charge is -2.02. The highest BCUT2D eigenvalue weighted by Gasteiger charge is 2.02. The minimum absolute atomic E-state index is 0.479. The van der Waals surface area contributed by atoms with E-state index in [-0.39, 0.29) is 0 Å². The van der Waals surface area contributed by atoms with Gasteiger partial charge in [0.2, 0.25) is 0 Å². The maximum atomic E-state index is 8.74. The van der Waals surface area contributed by atoms with Gasteiger partial charge in [0.15, 0.2) is 0 Å². The molecule has 0 aromatic heterocycles. The maximum absolute atomic E-state index is 8.74. The molecule has 1 radical (unpaired) electrons. The van der Waals surface area contributed by atoms with Crippen molar-refractivity contribution in [3.8, 4) is 17.2 Å². The van der Waals surface area contributed by atoms with Crippen LogP contribution in [0.1, 0.15) is 5.56 Å². The van der Waals surface area contributed by atoms with Crippen LogP contribution in [0.3, 0.4) is 0 Å². The summed E-state index contributed by atoms with van der Waals surface area (Å²) in [4.78, 5) is 0. The number of rotatable bonds is 1. The Morgan fingerprint density at radius 2 is 2.07 bits per heavy atom. The summed E-state index contributed by atoms with van der Waals surface area (Å²) in [6.07, 6.45) is 0. The van der Waals surface area contributed by atoms with Crippen molar-refractivity contribution >= 4 is 11.6 Å². The summed E-state index contributed by atoms with van der Waals surface area (Å²) in [6.45, 7) is 0. The lowest BCUT2D eigenvalue weighted by Crippen LogP contribution is -1.81. The fourth-order valence-corrected chi connectivity index (χ4v) is 1.57. The van der Waals surface area contributed by atoms with E-state index in [1.165, 1.54) is 0 Å². The van der Waals surface area contributed by atoms with Crippen LogP contribution in [0.5, 0.6) is 0 Å². The van der Waals surface area contributed by atoms with Gasteiger partial charge < -0.3 is 0 Å². The predicted molar refractivity (Wildman–Crippen MR) is 60.4 cm³/mol. The first-order chi connectivity index (χ1) is 7.31. The van der Waals surface area contributed by atoms with Gasteiger partial charge in [-0.15, -0.1) is 0 Å². The Hall–Kier alpha value is -1.78. The summed E-state index contributed by atoms with van der Waals surface area (Å²) in [6, 6.07) is 18.2. The zero-order valence-electron chi connectivity index (χ0n) is 7.87. The minimum Gasteiger partial charge on any atom is -0.192 e. The van der Waals surface area contributed by atoms with E-state index in [4.69, 9.17) is 16.9 Å². The molecular formula is C13H7ClN. The summed E-state index contributed by atoms with van der Waals surface area (Å²) >= 11 is 5.94. The molecule has 71 valence electrons. The van der Waals surface area contributed by atoms with Crippen molar-refractivity contribution in [3.05, 3.63) is 59.1 Å². The number of hydrogen-bond acceptors (Lipinski definition) is 1. The Balaban J connectivity index is 2.49. The number of halogens is 1. The minimum atomic E-state index is 0.479. The maximum Gasteiger partial charge on any atom is 0.101 e. The lowest BCUT2D eigenvalue weighted by molar-refractivity contribution is 1.48. The van der Waals surface area contributed by atoms with Gasteiger partial charge in [-0.1, -0.05) is 41.9 Å². The number of benzene rings is 2. The van der Waals surface area contributed by atoms with Crippen molar-refractivity contribution in [1.29, 1.82) is 5.26 Å². The van der Waals surface area contributed by atoms with Gasteiger partial charge in [-0.2, -0.15) is 5.26 Å². The molecule has 0 fully saturated rings. The number of nitriles is 1. The second-order valence-corrected chi connectivity index (χ2v) is 3.49. The van der Waals surface area contributed by atoms with Crippen LogP contribution in [-0.4, -0.2) is 0 Å². The zero-order chi connectivity index (χ0) is 10.7. The van der Waals surface area contributed by atoms with Crippen LogP contribution in [0.4, 0.5) is 0 Å². The fraction of sp³-hybridized carbons (Fsp3) is 0. The van der Waals surface area contributed by atoms with Crippen LogP contribution < -0.4 is 0 Å². The quantitative estimate of drug-likeness (QED) is 0.708. The van der Waals surface area contributed by atoms with Gasteiger partial charge in [0.05, 0.1) is 10.6 Å². The van der Waals surface area contributed by atoms with Crippen molar-refractivity contribution in [2.45, 2.75) is 0 Å².